The Bertz CT molecular complexity index is 614. The third-order valence-electron chi connectivity index (χ3n) is 3.61. The van der Waals surface area contributed by atoms with Crippen molar-refractivity contribution in [3.63, 3.8) is 0 Å². The van der Waals surface area contributed by atoms with Crippen molar-refractivity contribution >= 4 is 15.9 Å². The smallest absolute Gasteiger partial charge is 0.142 e. The molecule has 0 fully saturated rings. The summed E-state index contributed by atoms with van der Waals surface area (Å²) in [5.74, 6) is -0.203. The minimum atomic E-state index is -0.203. The summed E-state index contributed by atoms with van der Waals surface area (Å²) in [6, 6.07) is 9.56. The molecule has 1 nitrogen and oxygen atoms in total. The summed E-state index contributed by atoms with van der Waals surface area (Å²) in [7, 11) is 1.86. The summed E-state index contributed by atoms with van der Waals surface area (Å²) in [4.78, 5) is 0. The zero-order chi connectivity index (χ0) is 14.9. The Kier molecular flexibility index (Phi) is 4.61. The molecule has 1 N–H and O–H groups in total. The molecule has 0 spiro atoms. The largest absolute Gasteiger partial charge is 0.309 e. The first-order valence-corrected chi connectivity index (χ1v) is 7.44. The number of hydrogen-bond acceptors (Lipinski definition) is 1. The van der Waals surface area contributed by atoms with Crippen LogP contribution in [-0.4, -0.2) is 7.05 Å². The molecule has 3 heteroatoms. The molecule has 0 aliphatic heterocycles. The van der Waals surface area contributed by atoms with Gasteiger partial charge in [0.15, 0.2) is 0 Å². The van der Waals surface area contributed by atoms with Gasteiger partial charge in [-0.15, -0.1) is 0 Å². The summed E-state index contributed by atoms with van der Waals surface area (Å²) >= 11 is 3.26. The molecule has 0 saturated heterocycles. The highest BCUT2D eigenvalue weighted by atomic mass is 79.9. The predicted octanol–water partition coefficient (Wildman–Crippen LogP) is 4.82. The fourth-order valence-electron chi connectivity index (χ4n) is 2.85. The average Bonchev–Trinajstić information content (AvgIpc) is 2.37. The van der Waals surface area contributed by atoms with Crippen LogP contribution in [0.3, 0.4) is 0 Å². The zero-order valence-electron chi connectivity index (χ0n) is 12.2. The maximum absolute atomic E-state index is 14.4. The van der Waals surface area contributed by atoms with E-state index in [1.165, 1.54) is 16.7 Å². The molecule has 0 radical (unpaired) electrons. The predicted molar refractivity (Wildman–Crippen MR) is 85.7 cm³/mol. The second-order valence-electron chi connectivity index (χ2n) is 5.18. The molecular formula is C17H19BrFN. The maximum atomic E-state index is 14.4. The summed E-state index contributed by atoms with van der Waals surface area (Å²) in [5, 5.41) is 3.24. The standard InChI is InChI=1S/C17H19BrFN/c1-10-8-11(2)15(12(3)9-10)17(20-4)13-6-5-7-14(18)16(13)19/h5-9,17,20H,1-4H3. The van der Waals surface area contributed by atoms with Crippen LogP contribution in [0.2, 0.25) is 0 Å². The SMILES string of the molecule is CNC(c1cccc(Br)c1F)c1c(C)cc(C)cc1C. The van der Waals surface area contributed by atoms with E-state index in [0.29, 0.717) is 10.0 Å². The van der Waals surface area contributed by atoms with E-state index in [-0.39, 0.29) is 11.9 Å². The van der Waals surface area contributed by atoms with Gasteiger partial charge in [-0.05, 0) is 66.5 Å². The quantitative estimate of drug-likeness (QED) is 0.847. The number of nitrogens with one attached hydrogen (secondary N) is 1. The van der Waals surface area contributed by atoms with Crippen LogP contribution in [0.15, 0.2) is 34.8 Å². The number of benzene rings is 2. The Labute approximate surface area is 128 Å². The second-order valence-corrected chi connectivity index (χ2v) is 6.03. The van der Waals surface area contributed by atoms with Gasteiger partial charge in [-0.1, -0.05) is 29.8 Å². The molecule has 106 valence electrons. The van der Waals surface area contributed by atoms with Crippen molar-refractivity contribution in [2.75, 3.05) is 7.05 Å². The molecule has 1 atom stereocenters. The Morgan fingerprint density at radius 3 is 2.25 bits per heavy atom. The van der Waals surface area contributed by atoms with E-state index in [1.807, 2.05) is 19.2 Å². The lowest BCUT2D eigenvalue weighted by molar-refractivity contribution is 0.569. The molecule has 2 aromatic rings. The van der Waals surface area contributed by atoms with Gasteiger partial charge in [-0.2, -0.15) is 0 Å². The molecule has 0 saturated carbocycles. The van der Waals surface area contributed by atoms with Crippen molar-refractivity contribution in [1.82, 2.24) is 5.32 Å². The highest BCUT2D eigenvalue weighted by Crippen LogP contribution is 2.32. The van der Waals surface area contributed by atoms with Crippen LogP contribution >= 0.6 is 15.9 Å². The van der Waals surface area contributed by atoms with Gasteiger partial charge in [-0.3, -0.25) is 0 Å². The molecule has 0 aliphatic carbocycles. The van der Waals surface area contributed by atoms with E-state index < -0.39 is 0 Å². The fourth-order valence-corrected chi connectivity index (χ4v) is 3.23. The van der Waals surface area contributed by atoms with Gasteiger partial charge in [0.1, 0.15) is 5.82 Å². The third-order valence-corrected chi connectivity index (χ3v) is 4.22. The molecule has 20 heavy (non-hydrogen) atoms. The van der Waals surface area contributed by atoms with Gasteiger partial charge in [0.05, 0.1) is 10.5 Å². The van der Waals surface area contributed by atoms with Crippen LogP contribution in [0.4, 0.5) is 4.39 Å². The van der Waals surface area contributed by atoms with Crippen LogP contribution in [0, 0.1) is 26.6 Å². The van der Waals surface area contributed by atoms with E-state index >= 15 is 0 Å². The van der Waals surface area contributed by atoms with E-state index in [4.69, 9.17) is 0 Å². The summed E-state index contributed by atoms with van der Waals surface area (Å²) in [5.41, 5.74) is 5.41. The summed E-state index contributed by atoms with van der Waals surface area (Å²) in [6.07, 6.45) is 0. The topological polar surface area (TPSA) is 12.0 Å². The number of halogens is 2. The van der Waals surface area contributed by atoms with Crippen molar-refractivity contribution < 1.29 is 4.39 Å². The summed E-state index contributed by atoms with van der Waals surface area (Å²) in [6.45, 7) is 6.24. The van der Waals surface area contributed by atoms with Gasteiger partial charge >= 0.3 is 0 Å². The molecule has 0 amide bonds. The van der Waals surface area contributed by atoms with Crippen molar-refractivity contribution in [3.8, 4) is 0 Å². The van der Waals surface area contributed by atoms with Gasteiger partial charge < -0.3 is 5.32 Å². The van der Waals surface area contributed by atoms with E-state index in [9.17, 15) is 4.39 Å². The van der Waals surface area contributed by atoms with Gasteiger partial charge in [-0.25, -0.2) is 4.39 Å². The van der Waals surface area contributed by atoms with E-state index in [2.05, 4.69) is 54.2 Å². The average molecular weight is 336 g/mol. The first-order chi connectivity index (χ1) is 9.45. The second kappa shape index (κ2) is 6.06. The molecule has 1 unspecified atom stereocenters. The highest BCUT2D eigenvalue weighted by molar-refractivity contribution is 9.10. The Balaban J connectivity index is 2.62. The minimum Gasteiger partial charge on any atom is -0.309 e. The van der Waals surface area contributed by atoms with Crippen LogP contribution in [-0.2, 0) is 0 Å². The van der Waals surface area contributed by atoms with E-state index in [1.54, 1.807) is 6.07 Å². The van der Waals surface area contributed by atoms with E-state index in [0.717, 1.165) is 5.56 Å². The molecule has 0 aliphatic rings. The van der Waals surface area contributed by atoms with Crippen molar-refractivity contribution in [1.29, 1.82) is 0 Å². The van der Waals surface area contributed by atoms with Crippen LogP contribution in [0.5, 0.6) is 0 Å². The number of hydrogen-bond donors (Lipinski definition) is 1. The minimum absolute atomic E-state index is 0.145. The fraction of sp³-hybridized carbons (Fsp3) is 0.294. The first kappa shape index (κ1) is 15.2. The van der Waals surface area contributed by atoms with Crippen molar-refractivity contribution in [2.24, 2.45) is 0 Å². The van der Waals surface area contributed by atoms with Crippen LogP contribution in [0.25, 0.3) is 0 Å². The third kappa shape index (κ3) is 2.79. The van der Waals surface area contributed by atoms with Crippen LogP contribution in [0.1, 0.15) is 33.9 Å². The normalized spacial score (nSPS) is 12.5. The number of rotatable bonds is 3. The molecule has 0 aromatic heterocycles. The zero-order valence-corrected chi connectivity index (χ0v) is 13.8. The van der Waals surface area contributed by atoms with Gasteiger partial charge in [0.2, 0.25) is 0 Å². The maximum Gasteiger partial charge on any atom is 0.142 e. The molecule has 2 rings (SSSR count). The van der Waals surface area contributed by atoms with Gasteiger partial charge in [0.25, 0.3) is 0 Å². The lowest BCUT2D eigenvalue weighted by atomic mass is 9.90. The molecule has 2 aromatic carbocycles. The van der Waals surface area contributed by atoms with Gasteiger partial charge in [0, 0.05) is 5.56 Å². The lowest BCUT2D eigenvalue weighted by Gasteiger charge is -2.23. The summed E-state index contributed by atoms with van der Waals surface area (Å²) < 4.78 is 14.9. The molecule has 0 heterocycles. The first-order valence-electron chi connectivity index (χ1n) is 6.64. The molecule has 0 bridgehead atoms. The Morgan fingerprint density at radius 1 is 1.10 bits per heavy atom. The van der Waals surface area contributed by atoms with Crippen molar-refractivity contribution in [3.05, 3.63) is 68.4 Å². The van der Waals surface area contributed by atoms with Crippen LogP contribution < -0.4 is 5.32 Å². The Morgan fingerprint density at radius 2 is 1.70 bits per heavy atom. The van der Waals surface area contributed by atoms with Crippen molar-refractivity contribution in [2.45, 2.75) is 26.8 Å². The lowest BCUT2D eigenvalue weighted by Crippen LogP contribution is -2.21. The Hall–Kier alpha value is -1.19. The number of aryl methyl sites for hydroxylation is 3. The molecular weight excluding hydrogens is 317 g/mol. The monoisotopic (exact) mass is 335 g/mol. The highest BCUT2D eigenvalue weighted by Gasteiger charge is 2.21.